The molecule has 132 valence electrons. The topological polar surface area (TPSA) is 69.3 Å². The molecule has 2 aromatic rings. The van der Waals surface area contributed by atoms with Crippen LogP contribution in [0.4, 0.5) is 0 Å². The highest BCUT2D eigenvalue weighted by molar-refractivity contribution is 5.86. The highest BCUT2D eigenvalue weighted by atomic mass is 35.5. The van der Waals surface area contributed by atoms with Gasteiger partial charge in [-0.15, -0.1) is 12.4 Å². The Labute approximate surface area is 148 Å². The van der Waals surface area contributed by atoms with Crippen molar-refractivity contribution in [3.8, 4) is 0 Å². The molecule has 2 heterocycles. The second kappa shape index (κ2) is 8.51. The van der Waals surface area contributed by atoms with Gasteiger partial charge in [0.25, 0.3) is 0 Å². The molecule has 1 aromatic heterocycles. The van der Waals surface area contributed by atoms with Gasteiger partial charge in [-0.05, 0) is 37.8 Å². The summed E-state index contributed by atoms with van der Waals surface area (Å²) in [5, 5.41) is 4.16. The van der Waals surface area contributed by atoms with Crippen molar-refractivity contribution in [1.29, 1.82) is 0 Å². The van der Waals surface area contributed by atoms with Crippen molar-refractivity contribution in [3.05, 3.63) is 36.0 Å². The van der Waals surface area contributed by atoms with Crippen LogP contribution < -0.4 is 11.1 Å². The van der Waals surface area contributed by atoms with E-state index in [9.17, 15) is 4.79 Å². The van der Waals surface area contributed by atoms with Gasteiger partial charge in [0, 0.05) is 36.3 Å². The Hall–Kier alpha value is -1.56. The minimum atomic E-state index is 0. The number of nitrogens with one attached hydrogen (secondary N) is 1. The standard InChI is InChI=1S/C18H25N3O2.ClH/c1-13(19)9-14-11-21(17-7-3-2-6-16(14)17)12-18(22)20-10-15-5-4-8-23-15;/h2-3,6-7,11,13,15H,4-5,8-10,12,19H2,1H3,(H,20,22);1H. The van der Waals surface area contributed by atoms with Crippen molar-refractivity contribution in [2.45, 2.75) is 44.9 Å². The van der Waals surface area contributed by atoms with Crippen LogP contribution >= 0.6 is 12.4 Å². The zero-order chi connectivity index (χ0) is 16.2. The number of carbonyl (C=O) groups is 1. The minimum absolute atomic E-state index is 0. The Bertz CT molecular complexity index is 678. The predicted molar refractivity (Wildman–Crippen MR) is 98.5 cm³/mol. The Morgan fingerprint density at radius 1 is 1.46 bits per heavy atom. The molecule has 1 amide bonds. The summed E-state index contributed by atoms with van der Waals surface area (Å²) in [6, 6.07) is 8.26. The molecule has 1 aliphatic rings. The van der Waals surface area contributed by atoms with E-state index in [1.54, 1.807) is 0 Å². The van der Waals surface area contributed by atoms with E-state index in [2.05, 4.69) is 17.6 Å². The van der Waals surface area contributed by atoms with Gasteiger partial charge in [-0.1, -0.05) is 18.2 Å². The van der Waals surface area contributed by atoms with Gasteiger partial charge in [0.05, 0.1) is 6.10 Å². The normalized spacial score (nSPS) is 18.3. The van der Waals surface area contributed by atoms with Crippen LogP contribution in [0.2, 0.25) is 0 Å². The fourth-order valence-electron chi connectivity index (χ4n) is 3.21. The lowest BCUT2D eigenvalue weighted by Crippen LogP contribution is -2.34. The number of carbonyl (C=O) groups excluding carboxylic acids is 1. The number of fused-ring (bicyclic) bond motifs is 1. The monoisotopic (exact) mass is 351 g/mol. The van der Waals surface area contributed by atoms with Gasteiger partial charge in [-0.25, -0.2) is 0 Å². The Morgan fingerprint density at radius 2 is 2.25 bits per heavy atom. The molecule has 3 N–H and O–H groups in total. The second-order valence-corrected chi connectivity index (χ2v) is 6.42. The molecule has 1 fully saturated rings. The van der Waals surface area contributed by atoms with Crippen molar-refractivity contribution in [2.75, 3.05) is 13.2 Å². The van der Waals surface area contributed by atoms with Crippen LogP contribution in [-0.4, -0.2) is 35.8 Å². The maximum Gasteiger partial charge on any atom is 0.240 e. The van der Waals surface area contributed by atoms with Crippen LogP contribution in [0.15, 0.2) is 30.5 Å². The number of hydrogen-bond acceptors (Lipinski definition) is 3. The highest BCUT2D eigenvalue weighted by Gasteiger charge is 2.17. The smallest absolute Gasteiger partial charge is 0.240 e. The lowest BCUT2D eigenvalue weighted by atomic mass is 10.1. The number of rotatable bonds is 6. The number of nitrogens with zero attached hydrogens (tertiary/aromatic N) is 1. The Morgan fingerprint density at radius 3 is 2.96 bits per heavy atom. The van der Waals surface area contributed by atoms with Crippen LogP contribution in [0.5, 0.6) is 0 Å². The quantitative estimate of drug-likeness (QED) is 0.838. The average molecular weight is 352 g/mol. The Kier molecular flexibility index (Phi) is 6.66. The van der Waals surface area contributed by atoms with Gasteiger partial charge in [-0.3, -0.25) is 4.79 Å². The molecule has 0 saturated carbocycles. The second-order valence-electron chi connectivity index (χ2n) is 6.42. The summed E-state index contributed by atoms with van der Waals surface area (Å²) in [5.74, 6) is 0.0219. The van der Waals surface area contributed by atoms with E-state index in [-0.39, 0.29) is 30.5 Å². The third-order valence-corrected chi connectivity index (χ3v) is 4.28. The van der Waals surface area contributed by atoms with Gasteiger partial charge >= 0.3 is 0 Å². The molecule has 1 saturated heterocycles. The molecule has 2 unspecified atom stereocenters. The first kappa shape index (κ1) is 18.8. The average Bonchev–Trinajstić information content (AvgIpc) is 3.14. The zero-order valence-electron chi connectivity index (χ0n) is 14.0. The number of para-hydroxylation sites is 1. The van der Waals surface area contributed by atoms with Crippen LogP contribution in [0.1, 0.15) is 25.3 Å². The summed E-state index contributed by atoms with van der Waals surface area (Å²) in [4.78, 5) is 12.2. The first-order valence-corrected chi connectivity index (χ1v) is 8.34. The van der Waals surface area contributed by atoms with E-state index in [1.165, 1.54) is 10.9 Å². The number of hydrogen-bond donors (Lipinski definition) is 2. The Balaban J connectivity index is 0.00000208. The van der Waals surface area contributed by atoms with E-state index in [1.807, 2.05) is 29.7 Å². The third-order valence-electron chi connectivity index (χ3n) is 4.28. The molecular weight excluding hydrogens is 326 g/mol. The summed E-state index contributed by atoms with van der Waals surface area (Å²) in [6.07, 6.45) is 5.16. The number of nitrogens with two attached hydrogens (primary N) is 1. The summed E-state index contributed by atoms with van der Waals surface area (Å²) >= 11 is 0. The van der Waals surface area contributed by atoms with Crippen molar-refractivity contribution in [2.24, 2.45) is 5.73 Å². The van der Waals surface area contributed by atoms with Crippen LogP contribution in [-0.2, 0) is 22.5 Å². The van der Waals surface area contributed by atoms with Gasteiger partial charge < -0.3 is 20.4 Å². The molecule has 0 spiro atoms. The summed E-state index contributed by atoms with van der Waals surface area (Å²) < 4.78 is 7.55. The molecule has 5 nitrogen and oxygen atoms in total. The lowest BCUT2D eigenvalue weighted by molar-refractivity contribution is -0.122. The molecule has 1 aromatic carbocycles. The molecule has 24 heavy (non-hydrogen) atoms. The molecule has 1 aliphatic heterocycles. The molecule has 0 aliphatic carbocycles. The maximum absolute atomic E-state index is 12.2. The van der Waals surface area contributed by atoms with E-state index in [0.29, 0.717) is 13.1 Å². The van der Waals surface area contributed by atoms with E-state index in [4.69, 9.17) is 10.5 Å². The van der Waals surface area contributed by atoms with Gasteiger partial charge in [-0.2, -0.15) is 0 Å². The van der Waals surface area contributed by atoms with Crippen molar-refractivity contribution >= 4 is 29.2 Å². The molecule has 0 bridgehead atoms. The summed E-state index contributed by atoms with van der Waals surface area (Å²) in [5.41, 5.74) is 8.22. The summed E-state index contributed by atoms with van der Waals surface area (Å²) in [6.45, 7) is 3.74. The SMILES string of the molecule is CC(N)Cc1cn(CC(=O)NCC2CCCO2)c2ccccc12.Cl. The van der Waals surface area contributed by atoms with Crippen LogP contribution in [0.25, 0.3) is 10.9 Å². The fourth-order valence-corrected chi connectivity index (χ4v) is 3.21. The van der Waals surface area contributed by atoms with Crippen molar-refractivity contribution in [1.82, 2.24) is 9.88 Å². The molecule has 3 rings (SSSR count). The molecule has 2 atom stereocenters. The van der Waals surface area contributed by atoms with Crippen molar-refractivity contribution < 1.29 is 9.53 Å². The van der Waals surface area contributed by atoms with E-state index >= 15 is 0 Å². The number of halogens is 1. The van der Waals surface area contributed by atoms with E-state index in [0.717, 1.165) is 31.4 Å². The minimum Gasteiger partial charge on any atom is -0.376 e. The molecule has 6 heteroatoms. The number of benzene rings is 1. The highest BCUT2D eigenvalue weighted by Crippen LogP contribution is 2.22. The number of ether oxygens (including phenoxy) is 1. The molecule has 0 radical (unpaired) electrons. The first-order chi connectivity index (χ1) is 11.1. The largest absolute Gasteiger partial charge is 0.376 e. The third kappa shape index (κ3) is 4.50. The zero-order valence-corrected chi connectivity index (χ0v) is 14.8. The van der Waals surface area contributed by atoms with Crippen LogP contribution in [0, 0.1) is 0 Å². The van der Waals surface area contributed by atoms with Gasteiger partial charge in [0.1, 0.15) is 6.54 Å². The lowest BCUT2D eigenvalue weighted by Gasteiger charge is -2.11. The predicted octanol–water partition coefficient (Wildman–Crippen LogP) is 2.25. The maximum atomic E-state index is 12.2. The van der Waals surface area contributed by atoms with E-state index < -0.39 is 0 Å². The number of amides is 1. The summed E-state index contributed by atoms with van der Waals surface area (Å²) in [7, 11) is 0. The number of aromatic nitrogens is 1. The first-order valence-electron chi connectivity index (χ1n) is 8.34. The van der Waals surface area contributed by atoms with Gasteiger partial charge in [0.15, 0.2) is 0 Å². The van der Waals surface area contributed by atoms with Crippen molar-refractivity contribution in [3.63, 3.8) is 0 Å². The molecular formula is C18H26ClN3O2. The van der Waals surface area contributed by atoms with Gasteiger partial charge in [0.2, 0.25) is 5.91 Å². The van der Waals surface area contributed by atoms with Crippen LogP contribution in [0.3, 0.4) is 0 Å². The fraction of sp³-hybridized carbons (Fsp3) is 0.500.